The lowest BCUT2D eigenvalue weighted by Gasteiger charge is -2.33. The van der Waals surface area contributed by atoms with Gasteiger partial charge in [-0.3, -0.25) is 0 Å². The van der Waals surface area contributed by atoms with Crippen LogP contribution in [0.4, 0.5) is 0 Å². The molecular weight excluding hydrogens is 200 g/mol. The summed E-state index contributed by atoms with van der Waals surface area (Å²) in [5, 5.41) is 29.4. The van der Waals surface area contributed by atoms with Gasteiger partial charge in [-0.25, -0.2) is 0 Å². The van der Waals surface area contributed by atoms with Gasteiger partial charge in [0.05, 0.1) is 24.8 Å². The van der Waals surface area contributed by atoms with E-state index in [1.54, 1.807) is 6.08 Å². The quantitative estimate of drug-likeness (QED) is 0.544. The zero-order chi connectivity index (χ0) is 11.0. The number of carbonyl (C=O) groups is 1. The van der Waals surface area contributed by atoms with E-state index in [-0.39, 0.29) is 18.1 Å². The van der Waals surface area contributed by atoms with Crippen LogP contribution in [0.2, 0.25) is 0 Å². The van der Waals surface area contributed by atoms with Crippen LogP contribution >= 0.6 is 0 Å². The van der Waals surface area contributed by atoms with Crippen LogP contribution in [-0.2, 0) is 9.53 Å². The molecule has 2 N–H and O–H groups in total. The fourth-order valence-electron chi connectivity index (χ4n) is 2.21. The van der Waals surface area contributed by atoms with Crippen molar-refractivity contribution >= 4 is 5.97 Å². The van der Waals surface area contributed by atoms with E-state index in [0.29, 0.717) is 12.0 Å². The molecule has 0 saturated heterocycles. The maximum absolute atomic E-state index is 10.8. The standard InChI is InChI=1S/C10H12O5/c11-3-5-1-2-6-7(9(12)13)4-15-10(14)8(5)6/h1,4,6,8,10-11,14H,2-3H2,(H,12,13)/p-1/t6-,8-,10?/m1/s1. The van der Waals surface area contributed by atoms with Gasteiger partial charge in [0, 0.05) is 11.5 Å². The molecule has 0 aromatic carbocycles. The summed E-state index contributed by atoms with van der Waals surface area (Å²) in [7, 11) is 0. The molecule has 0 spiro atoms. The van der Waals surface area contributed by atoms with E-state index in [2.05, 4.69) is 0 Å². The Hall–Kier alpha value is -1.33. The van der Waals surface area contributed by atoms with Crippen molar-refractivity contribution in [2.45, 2.75) is 12.7 Å². The third kappa shape index (κ3) is 1.53. The lowest BCUT2D eigenvalue weighted by molar-refractivity contribution is -0.301. The Balaban J connectivity index is 2.29. The molecule has 0 saturated carbocycles. The maximum Gasteiger partial charge on any atom is 0.203 e. The molecular formula is C10H11O5-. The minimum absolute atomic E-state index is 0.0463. The van der Waals surface area contributed by atoms with Crippen LogP contribution in [0.15, 0.2) is 23.5 Å². The number of fused-ring (bicyclic) bond motifs is 1. The number of aliphatic hydroxyl groups excluding tert-OH is 2. The van der Waals surface area contributed by atoms with E-state index in [4.69, 9.17) is 9.84 Å². The van der Waals surface area contributed by atoms with Gasteiger partial charge in [0.15, 0.2) is 0 Å². The largest absolute Gasteiger partial charge is 0.545 e. The van der Waals surface area contributed by atoms with Crippen LogP contribution < -0.4 is 5.11 Å². The number of rotatable bonds is 2. The summed E-state index contributed by atoms with van der Waals surface area (Å²) in [6.07, 6.45) is 2.18. The van der Waals surface area contributed by atoms with Crippen molar-refractivity contribution in [1.29, 1.82) is 0 Å². The van der Waals surface area contributed by atoms with E-state index in [0.717, 1.165) is 6.26 Å². The van der Waals surface area contributed by atoms with Gasteiger partial charge in [0.25, 0.3) is 0 Å². The van der Waals surface area contributed by atoms with E-state index >= 15 is 0 Å². The van der Waals surface area contributed by atoms with Gasteiger partial charge in [-0.1, -0.05) is 6.08 Å². The second-order valence-electron chi connectivity index (χ2n) is 3.69. The van der Waals surface area contributed by atoms with Crippen molar-refractivity contribution < 1.29 is 24.9 Å². The van der Waals surface area contributed by atoms with Crippen LogP contribution in [0.1, 0.15) is 6.42 Å². The molecule has 0 bridgehead atoms. The van der Waals surface area contributed by atoms with E-state index in [1.165, 1.54) is 0 Å². The summed E-state index contributed by atoms with van der Waals surface area (Å²) in [4.78, 5) is 10.8. The molecule has 1 heterocycles. The zero-order valence-corrected chi connectivity index (χ0v) is 7.92. The van der Waals surface area contributed by atoms with Gasteiger partial charge in [-0.05, 0) is 12.0 Å². The predicted molar refractivity (Wildman–Crippen MR) is 46.9 cm³/mol. The SMILES string of the molecule is O=C([O-])C1=COC(O)[C@@H]2C(CO)=CC[C@H]12. The van der Waals surface area contributed by atoms with Crippen molar-refractivity contribution in [3.8, 4) is 0 Å². The predicted octanol–water partition coefficient (Wildman–Crippen LogP) is -1.48. The number of ether oxygens (including phenoxy) is 1. The molecule has 0 fully saturated rings. The normalized spacial score (nSPS) is 33.9. The fraction of sp³-hybridized carbons (Fsp3) is 0.500. The van der Waals surface area contributed by atoms with Crippen molar-refractivity contribution in [2.75, 3.05) is 6.61 Å². The number of aliphatic carboxylic acids is 1. The first kappa shape index (κ1) is 10.2. The van der Waals surface area contributed by atoms with Gasteiger partial charge < -0.3 is 24.9 Å². The monoisotopic (exact) mass is 211 g/mol. The summed E-state index contributed by atoms with van der Waals surface area (Å²) in [6.45, 7) is -0.193. The summed E-state index contributed by atoms with van der Waals surface area (Å²) in [5.41, 5.74) is 0.671. The Bertz CT molecular complexity index is 344. The number of allylic oxidation sites excluding steroid dienone is 1. The summed E-state index contributed by atoms with van der Waals surface area (Å²) >= 11 is 0. The van der Waals surface area contributed by atoms with Crippen molar-refractivity contribution in [3.05, 3.63) is 23.5 Å². The third-order valence-corrected chi connectivity index (χ3v) is 2.96. The molecule has 1 unspecified atom stereocenters. The highest BCUT2D eigenvalue weighted by atomic mass is 16.6. The molecule has 15 heavy (non-hydrogen) atoms. The van der Waals surface area contributed by atoms with Crippen LogP contribution in [0, 0.1) is 11.8 Å². The van der Waals surface area contributed by atoms with Crippen molar-refractivity contribution in [2.24, 2.45) is 11.8 Å². The molecule has 0 aromatic heterocycles. The highest BCUT2D eigenvalue weighted by Crippen LogP contribution is 2.41. The molecule has 1 aliphatic heterocycles. The highest BCUT2D eigenvalue weighted by molar-refractivity contribution is 5.85. The molecule has 2 aliphatic rings. The smallest absolute Gasteiger partial charge is 0.203 e. The Morgan fingerprint density at radius 2 is 2.40 bits per heavy atom. The Labute approximate surface area is 86.3 Å². The minimum Gasteiger partial charge on any atom is -0.545 e. The summed E-state index contributed by atoms with van der Waals surface area (Å²) < 4.78 is 4.82. The second kappa shape index (κ2) is 3.67. The van der Waals surface area contributed by atoms with Gasteiger partial charge in [0.1, 0.15) is 0 Å². The lowest BCUT2D eigenvalue weighted by Crippen LogP contribution is -2.39. The molecule has 0 aromatic rings. The van der Waals surface area contributed by atoms with Gasteiger partial charge in [0.2, 0.25) is 6.29 Å². The average Bonchev–Trinajstić information content (AvgIpc) is 2.62. The number of aliphatic hydroxyl groups is 2. The van der Waals surface area contributed by atoms with Crippen LogP contribution in [0.25, 0.3) is 0 Å². The summed E-state index contributed by atoms with van der Waals surface area (Å²) in [6, 6.07) is 0. The molecule has 5 heteroatoms. The molecule has 0 amide bonds. The molecule has 0 radical (unpaired) electrons. The third-order valence-electron chi connectivity index (χ3n) is 2.96. The second-order valence-corrected chi connectivity index (χ2v) is 3.69. The average molecular weight is 211 g/mol. The fourth-order valence-corrected chi connectivity index (χ4v) is 2.21. The van der Waals surface area contributed by atoms with Gasteiger partial charge in [-0.2, -0.15) is 0 Å². The molecule has 82 valence electrons. The lowest BCUT2D eigenvalue weighted by atomic mass is 9.84. The number of carbonyl (C=O) groups excluding carboxylic acids is 1. The van der Waals surface area contributed by atoms with Crippen molar-refractivity contribution in [1.82, 2.24) is 0 Å². The van der Waals surface area contributed by atoms with Gasteiger partial charge >= 0.3 is 0 Å². The molecule has 3 atom stereocenters. The number of carboxylic acid groups (broad SMARTS) is 1. The molecule has 2 rings (SSSR count). The Kier molecular flexibility index (Phi) is 2.50. The van der Waals surface area contributed by atoms with Crippen LogP contribution in [-0.4, -0.2) is 29.1 Å². The molecule has 5 nitrogen and oxygen atoms in total. The Morgan fingerprint density at radius 1 is 1.67 bits per heavy atom. The van der Waals surface area contributed by atoms with Crippen LogP contribution in [0.3, 0.4) is 0 Å². The number of hydrogen-bond donors (Lipinski definition) is 2. The summed E-state index contributed by atoms with van der Waals surface area (Å²) in [5.74, 6) is -2.10. The van der Waals surface area contributed by atoms with Crippen molar-refractivity contribution in [3.63, 3.8) is 0 Å². The van der Waals surface area contributed by atoms with Crippen LogP contribution in [0.5, 0.6) is 0 Å². The first-order valence-corrected chi connectivity index (χ1v) is 4.70. The van der Waals surface area contributed by atoms with E-state index < -0.39 is 18.2 Å². The first-order chi connectivity index (χ1) is 7.15. The topological polar surface area (TPSA) is 89.8 Å². The van der Waals surface area contributed by atoms with E-state index in [9.17, 15) is 15.0 Å². The molecule has 1 aliphatic carbocycles. The zero-order valence-electron chi connectivity index (χ0n) is 7.92. The minimum atomic E-state index is -1.29. The number of carboxylic acids is 1. The Morgan fingerprint density at radius 3 is 3.00 bits per heavy atom. The number of hydrogen-bond acceptors (Lipinski definition) is 5. The van der Waals surface area contributed by atoms with Gasteiger partial charge in [-0.15, -0.1) is 0 Å². The highest BCUT2D eigenvalue weighted by Gasteiger charge is 2.40. The maximum atomic E-state index is 10.8. The van der Waals surface area contributed by atoms with E-state index in [1.807, 2.05) is 0 Å². The first-order valence-electron chi connectivity index (χ1n) is 4.70.